The molecule has 0 bridgehead atoms. The second-order valence-electron chi connectivity index (χ2n) is 10.6. The number of rotatable bonds is 20. The minimum Gasteiger partial charge on any atom is -0.463 e. The Morgan fingerprint density at radius 3 is 1.78 bits per heavy atom. The van der Waals surface area contributed by atoms with Crippen molar-refractivity contribution in [2.45, 2.75) is 116 Å². The first kappa shape index (κ1) is 32.6. The zero-order valence-electron chi connectivity index (χ0n) is 23.2. The van der Waals surface area contributed by atoms with Crippen molar-refractivity contribution in [3.8, 4) is 0 Å². The fraction of sp³-hybridized carbons (Fsp3) is 0.767. The van der Waals surface area contributed by atoms with Gasteiger partial charge in [0.2, 0.25) is 0 Å². The van der Waals surface area contributed by atoms with Crippen LogP contribution in [0.1, 0.15) is 109 Å². The maximum absolute atomic E-state index is 13.9. The van der Waals surface area contributed by atoms with Gasteiger partial charge in [-0.2, -0.15) is 0 Å². The molecule has 36 heavy (non-hydrogen) atoms. The highest BCUT2D eigenvalue weighted by molar-refractivity contribution is 5.82. The van der Waals surface area contributed by atoms with Crippen molar-refractivity contribution in [2.24, 2.45) is 5.41 Å². The van der Waals surface area contributed by atoms with Crippen molar-refractivity contribution in [1.82, 2.24) is 0 Å². The highest BCUT2D eigenvalue weighted by atomic mass is 16.6. The third kappa shape index (κ3) is 7.77. The van der Waals surface area contributed by atoms with Crippen LogP contribution in [0.3, 0.4) is 0 Å². The number of aliphatic hydroxyl groups is 4. The molecule has 1 unspecified atom stereocenters. The third-order valence-corrected chi connectivity index (χ3v) is 7.78. The standard InChI is InChI=1S/C30H52O6/c1-5-9-15-25-16-13-14-17-26(25)29(18-10-6-2,19-11-7-3)30(35,20-12-8-4)27(34)36-24-28(21-31,22-32)23-33/h13-14,16-17,31-33,35H,5-12,15,18-24H2,1-4H3. The zero-order valence-corrected chi connectivity index (χ0v) is 23.2. The Kier molecular flexibility index (Phi) is 14.8. The Labute approximate surface area is 219 Å². The van der Waals surface area contributed by atoms with Gasteiger partial charge in [-0.05, 0) is 43.2 Å². The van der Waals surface area contributed by atoms with E-state index in [0.29, 0.717) is 19.3 Å². The number of aryl methyl sites for hydroxylation is 1. The van der Waals surface area contributed by atoms with Gasteiger partial charge in [-0.1, -0.05) is 96.9 Å². The van der Waals surface area contributed by atoms with E-state index in [1.165, 1.54) is 5.56 Å². The van der Waals surface area contributed by atoms with Crippen LogP contribution < -0.4 is 0 Å². The highest BCUT2D eigenvalue weighted by Crippen LogP contribution is 2.49. The predicted molar refractivity (Wildman–Crippen MR) is 145 cm³/mol. The van der Waals surface area contributed by atoms with Gasteiger partial charge in [-0.15, -0.1) is 0 Å². The number of carbonyl (C=O) groups excluding carboxylic acids is 1. The number of aliphatic hydroxyl groups excluding tert-OH is 3. The van der Waals surface area contributed by atoms with E-state index in [1.807, 2.05) is 19.1 Å². The number of benzene rings is 1. The molecule has 0 aromatic heterocycles. The van der Waals surface area contributed by atoms with Gasteiger partial charge in [0.1, 0.15) is 6.61 Å². The van der Waals surface area contributed by atoms with Gasteiger partial charge in [-0.25, -0.2) is 4.79 Å². The van der Waals surface area contributed by atoms with E-state index in [0.717, 1.165) is 56.9 Å². The molecule has 6 nitrogen and oxygen atoms in total. The highest BCUT2D eigenvalue weighted by Gasteiger charge is 2.57. The van der Waals surface area contributed by atoms with Crippen LogP contribution in [0.15, 0.2) is 24.3 Å². The van der Waals surface area contributed by atoms with Crippen molar-refractivity contribution in [2.75, 3.05) is 26.4 Å². The topological polar surface area (TPSA) is 107 Å². The van der Waals surface area contributed by atoms with Gasteiger partial charge in [0, 0.05) is 5.41 Å². The number of hydrogen-bond acceptors (Lipinski definition) is 6. The molecule has 0 aliphatic rings. The number of carbonyl (C=O) groups is 1. The van der Waals surface area contributed by atoms with Crippen LogP contribution in [0.25, 0.3) is 0 Å². The first-order chi connectivity index (χ1) is 17.3. The van der Waals surface area contributed by atoms with E-state index in [-0.39, 0.29) is 13.0 Å². The Morgan fingerprint density at radius 2 is 1.28 bits per heavy atom. The Balaban J connectivity index is 3.74. The summed E-state index contributed by atoms with van der Waals surface area (Å²) in [5.74, 6) is -0.729. The molecule has 6 heteroatoms. The predicted octanol–water partition coefficient (Wildman–Crippen LogP) is 5.08. The molecular weight excluding hydrogens is 456 g/mol. The molecule has 0 spiro atoms. The van der Waals surface area contributed by atoms with Gasteiger partial charge >= 0.3 is 5.97 Å². The van der Waals surface area contributed by atoms with Crippen molar-refractivity contribution in [1.29, 1.82) is 0 Å². The van der Waals surface area contributed by atoms with Crippen LogP contribution in [0.2, 0.25) is 0 Å². The minimum absolute atomic E-state index is 0.266. The fourth-order valence-corrected chi connectivity index (χ4v) is 5.15. The van der Waals surface area contributed by atoms with E-state index in [1.54, 1.807) is 0 Å². The largest absolute Gasteiger partial charge is 0.463 e. The summed E-state index contributed by atoms with van der Waals surface area (Å²) in [5, 5.41) is 41.8. The van der Waals surface area contributed by atoms with Crippen molar-refractivity contribution in [3.63, 3.8) is 0 Å². The molecule has 0 heterocycles. The molecule has 1 aromatic rings. The van der Waals surface area contributed by atoms with E-state index >= 15 is 0 Å². The lowest BCUT2D eigenvalue weighted by molar-refractivity contribution is -0.184. The lowest BCUT2D eigenvalue weighted by Crippen LogP contribution is -2.59. The maximum Gasteiger partial charge on any atom is 0.339 e. The molecule has 4 N–H and O–H groups in total. The molecule has 1 atom stereocenters. The van der Waals surface area contributed by atoms with Crippen LogP contribution in [-0.2, 0) is 21.4 Å². The number of esters is 1. The molecule has 0 radical (unpaired) electrons. The fourth-order valence-electron chi connectivity index (χ4n) is 5.15. The van der Waals surface area contributed by atoms with Crippen LogP contribution >= 0.6 is 0 Å². The second-order valence-corrected chi connectivity index (χ2v) is 10.6. The average molecular weight is 509 g/mol. The third-order valence-electron chi connectivity index (χ3n) is 7.78. The maximum atomic E-state index is 13.9. The summed E-state index contributed by atoms with van der Waals surface area (Å²) in [6.07, 6.45) is 9.63. The molecule has 0 fully saturated rings. The van der Waals surface area contributed by atoms with Crippen molar-refractivity contribution >= 4 is 5.97 Å². The second kappa shape index (κ2) is 16.4. The summed E-state index contributed by atoms with van der Waals surface area (Å²) >= 11 is 0. The van der Waals surface area contributed by atoms with E-state index in [2.05, 4.69) is 32.9 Å². The Morgan fingerprint density at radius 1 is 0.778 bits per heavy atom. The molecule has 208 valence electrons. The minimum atomic E-state index is -1.78. The van der Waals surface area contributed by atoms with Crippen LogP contribution in [0, 0.1) is 5.41 Å². The van der Waals surface area contributed by atoms with E-state index in [4.69, 9.17) is 4.74 Å². The lowest BCUT2D eigenvalue weighted by atomic mass is 9.59. The zero-order chi connectivity index (χ0) is 27.1. The van der Waals surface area contributed by atoms with Crippen LogP contribution in [-0.4, -0.2) is 58.4 Å². The summed E-state index contributed by atoms with van der Waals surface area (Å²) < 4.78 is 5.68. The molecule has 0 aliphatic carbocycles. The summed E-state index contributed by atoms with van der Waals surface area (Å²) in [6, 6.07) is 8.23. The first-order valence-corrected chi connectivity index (χ1v) is 14.1. The molecule has 0 aliphatic heterocycles. The van der Waals surface area contributed by atoms with E-state index < -0.39 is 42.2 Å². The lowest BCUT2D eigenvalue weighted by Gasteiger charge is -2.48. The molecule has 0 amide bonds. The van der Waals surface area contributed by atoms with Gasteiger partial charge in [-0.3, -0.25) is 0 Å². The Hall–Kier alpha value is -1.47. The molecular formula is C30H52O6. The molecule has 0 saturated heterocycles. The van der Waals surface area contributed by atoms with Gasteiger partial charge in [0.05, 0.1) is 25.2 Å². The van der Waals surface area contributed by atoms with Gasteiger partial charge in [0.15, 0.2) is 5.60 Å². The summed E-state index contributed by atoms with van der Waals surface area (Å²) in [4.78, 5) is 13.9. The monoisotopic (exact) mass is 508 g/mol. The summed E-state index contributed by atoms with van der Waals surface area (Å²) in [6.45, 7) is 6.48. The quantitative estimate of drug-likeness (QED) is 0.183. The van der Waals surface area contributed by atoms with Crippen LogP contribution in [0.5, 0.6) is 0 Å². The van der Waals surface area contributed by atoms with Crippen molar-refractivity contribution in [3.05, 3.63) is 35.4 Å². The normalized spacial score (nSPS) is 14.0. The number of hydrogen-bond donors (Lipinski definition) is 4. The van der Waals surface area contributed by atoms with Gasteiger partial charge < -0.3 is 25.2 Å². The number of ether oxygens (including phenoxy) is 1. The SMILES string of the molecule is CCCCc1ccccc1C(CCCC)(CCCC)C(O)(CCCC)C(=O)OCC(CO)(CO)CO. The summed E-state index contributed by atoms with van der Waals surface area (Å²) in [5.41, 5.74) is -1.74. The molecule has 0 saturated carbocycles. The van der Waals surface area contributed by atoms with E-state index in [9.17, 15) is 25.2 Å². The Bertz CT molecular complexity index is 728. The molecule has 1 aromatic carbocycles. The number of unbranched alkanes of at least 4 members (excludes halogenated alkanes) is 4. The van der Waals surface area contributed by atoms with Crippen molar-refractivity contribution < 1.29 is 30.0 Å². The smallest absolute Gasteiger partial charge is 0.339 e. The average Bonchev–Trinajstić information content (AvgIpc) is 2.92. The van der Waals surface area contributed by atoms with Crippen LogP contribution in [0.4, 0.5) is 0 Å². The first-order valence-electron chi connectivity index (χ1n) is 14.1. The van der Waals surface area contributed by atoms with Gasteiger partial charge in [0.25, 0.3) is 0 Å². The summed E-state index contributed by atoms with van der Waals surface area (Å²) in [7, 11) is 0. The molecule has 1 rings (SSSR count).